The SMILES string of the molecule is BC1(O)Oc2ccc(C3(C(=O)Nc4ccc5c(c4)cc(C(C)(C)C)n5C[C@@H]4COC(C)(C)O4)CC3)cc2O1. The number of carbonyl (C=O) groups excluding carboxylic acids is 1. The second kappa shape index (κ2) is 8.25. The fourth-order valence-corrected chi connectivity index (χ4v) is 5.64. The van der Waals surface area contributed by atoms with Crippen molar-refractivity contribution < 1.29 is 28.8 Å². The van der Waals surface area contributed by atoms with Crippen LogP contribution in [0.5, 0.6) is 11.5 Å². The minimum atomic E-state index is -1.69. The molecule has 8 nitrogen and oxygen atoms in total. The van der Waals surface area contributed by atoms with Crippen LogP contribution in [-0.2, 0) is 31.6 Å². The van der Waals surface area contributed by atoms with E-state index in [1.807, 2.05) is 32.0 Å². The molecule has 2 N–H and O–H groups in total. The summed E-state index contributed by atoms with van der Waals surface area (Å²) in [7, 11) is 1.44. The molecular weight excluding hydrogens is 483 g/mol. The molecule has 3 aliphatic rings. The van der Waals surface area contributed by atoms with Crippen LogP contribution >= 0.6 is 0 Å². The van der Waals surface area contributed by atoms with Crippen molar-refractivity contribution in [1.29, 1.82) is 0 Å². The van der Waals surface area contributed by atoms with Gasteiger partial charge in [0.1, 0.15) is 6.10 Å². The van der Waals surface area contributed by atoms with Gasteiger partial charge < -0.3 is 33.9 Å². The quantitative estimate of drug-likeness (QED) is 0.500. The molecule has 1 amide bonds. The van der Waals surface area contributed by atoms with Crippen molar-refractivity contribution in [2.24, 2.45) is 0 Å². The van der Waals surface area contributed by atoms with Crippen LogP contribution in [0.4, 0.5) is 5.69 Å². The predicted octanol–water partition coefficient (Wildman–Crippen LogP) is 3.77. The second-order valence-corrected chi connectivity index (χ2v) is 12.4. The van der Waals surface area contributed by atoms with E-state index in [1.165, 1.54) is 13.5 Å². The standard InChI is InChI=1S/C29H35BN2O6/c1-26(2,3)24-13-17-12-19(7-8-21(17)32(24)15-20-16-35-27(4,5)36-20)31-25(33)28(10-11-28)18-6-9-22-23(14-18)38-29(30,34)37-22/h6-9,12-14,20,34H,10-11,15-16,30H2,1-5H3,(H,31,33)/t20-,29?/m1/s1. The third kappa shape index (κ3) is 4.46. The summed E-state index contributed by atoms with van der Waals surface area (Å²) in [4.78, 5) is 13.5. The molecule has 1 unspecified atom stereocenters. The van der Waals surface area contributed by atoms with Crippen LogP contribution in [-0.4, -0.2) is 47.8 Å². The summed E-state index contributed by atoms with van der Waals surface area (Å²) in [6.07, 6.45) is 1.48. The molecule has 1 aromatic heterocycles. The molecule has 3 aromatic rings. The first-order valence-corrected chi connectivity index (χ1v) is 13.3. The lowest BCUT2D eigenvalue weighted by atomic mass is 9.92. The van der Waals surface area contributed by atoms with Crippen LogP contribution in [0, 0.1) is 0 Å². The summed E-state index contributed by atoms with van der Waals surface area (Å²) in [6.45, 7) is 11.8. The third-order valence-electron chi connectivity index (χ3n) is 7.66. The van der Waals surface area contributed by atoms with Crippen molar-refractivity contribution in [3.8, 4) is 11.5 Å². The number of ether oxygens (including phenoxy) is 4. The highest BCUT2D eigenvalue weighted by Crippen LogP contribution is 2.51. The molecule has 6 rings (SSSR count). The molecule has 1 saturated heterocycles. The van der Waals surface area contributed by atoms with Gasteiger partial charge in [0.2, 0.25) is 5.91 Å². The van der Waals surface area contributed by atoms with E-state index >= 15 is 0 Å². The Morgan fingerprint density at radius 1 is 1.11 bits per heavy atom. The first-order chi connectivity index (χ1) is 17.7. The average Bonchev–Trinajstić information content (AvgIpc) is 3.32. The number of hydrogen-bond acceptors (Lipinski definition) is 6. The molecule has 1 saturated carbocycles. The van der Waals surface area contributed by atoms with Gasteiger partial charge in [0.15, 0.2) is 17.3 Å². The summed E-state index contributed by atoms with van der Waals surface area (Å²) in [5, 5.41) is 14.3. The van der Waals surface area contributed by atoms with Crippen molar-refractivity contribution in [1.82, 2.24) is 4.57 Å². The number of nitrogens with zero attached hydrogens (tertiary/aromatic N) is 1. The van der Waals surface area contributed by atoms with Crippen LogP contribution < -0.4 is 14.8 Å². The zero-order valence-electron chi connectivity index (χ0n) is 22.9. The maximum absolute atomic E-state index is 13.5. The Balaban J connectivity index is 1.26. The summed E-state index contributed by atoms with van der Waals surface area (Å²) >= 11 is 0. The van der Waals surface area contributed by atoms with E-state index in [9.17, 15) is 9.90 Å². The molecule has 2 aromatic carbocycles. The molecule has 2 aliphatic heterocycles. The van der Waals surface area contributed by atoms with Gasteiger partial charge in [0.05, 0.1) is 18.6 Å². The molecule has 0 spiro atoms. The molecule has 9 heteroatoms. The molecular formula is C29H35BN2O6. The Kier molecular flexibility index (Phi) is 5.49. The third-order valence-corrected chi connectivity index (χ3v) is 7.66. The van der Waals surface area contributed by atoms with Gasteiger partial charge in [-0.2, -0.15) is 0 Å². The maximum Gasteiger partial charge on any atom is 0.310 e. The lowest BCUT2D eigenvalue weighted by molar-refractivity contribution is -0.178. The van der Waals surface area contributed by atoms with E-state index in [4.69, 9.17) is 18.9 Å². The van der Waals surface area contributed by atoms with Gasteiger partial charge in [0.25, 0.3) is 7.85 Å². The summed E-state index contributed by atoms with van der Waals surface area (Å²) < 4.78 is 25.1. The number of rotatable bonds is 5. The smallest absolute Gasteiger partial charge is 0.310 e. The van der Waals surface area contributed by atoms with Crippen LogP contribution in [0.1, 0.15) is 58.7 Å². The molecule has 38 heavy (non-hydrogen) atoms. The lowest BCUT2D eigenvalue weighted by Gasteiger charge is -2.24. The Labute approximate surface area is 223 Å². The fraction of sp³-hybridized carbons (Fsp3) is 0.483. The van der Waals surface area contributed by atoms with Gasteiger partial charge in [-0.25, -0.2) is 0 Å². The molecule has 2 fully saturated rings. The van der Waals surface area contributed by atoms with Crippen LogP contribution in [0.2, 0.25) is 0 Å². The van der Waals surface area contributed by atoms with Gasteiger partial charge >= 0.3 is 5.87 Å². The number of amides is 1. The van der Waals surface area contributed by atoms with Crippen LogP contribution in [0.25, 0.3) is 10.9 Å². The minimum absolute atomic E-state index is 0.0267. The zero-order valence-corrected chi connectivity index (χ0v) is 22.9. The van der Waals surface area contributed by atoms with Gasteiger partial charge in [-0.1, -0.05) is 26.8 Å². The lowest BCUT2D eigenvalue weighted by Crippen LogP contribution is -2.38. The van der Waals surface area contributed by atoms with E-state index < -0.39 is 17.1 Å². The highest BCUT2D eigenvalue weighted by molar-refractivity contribution is 6.12. The number of anilines is 1. The van der Waals surface area contributed by atoms with Crippen molar-refractivity contribution in [2.75, 3.05) is 11.9 Å². The van der Waals surface area contributed by atoms with Gasteiger partial charge in [-0.3, -0.25) is 4.79 Å². The monoisotopic (exact) mass is 518 g/mol. The number of fused-ring (bicyclic) bond motifs is 2. The normalized spacial score (nSPS) is 25.1. The van der Waals surface area contributed by atoms with Crippen molar-refractivity contribution >= 4 is 30.3 Å². The highest BCUT2D eigenvalue weighted by atomic mass is 16.8. The van der Waals surface area contributed by atoms with E-state index in [0.717, 1.165) is 35.0 Å². The Hall–Kier alpha value is -3.01. The zero-order chi connectivity index (χ0) is 27.1. The molecule has 0 radical (unpaired) electrons. The van der Waals surface area contributed by atoms with Crippen molar-refractivity contribution in [2.45, 2.75) is 82.6 Å². The minimum Gasteiger partial charge on any atom is -0.435 e. The number of benzene rings is 2. The highest BCUT2D eigenvalue weighted by Gasteiger charge is 2.52. The van der Waals surface area contributed by atoms with Gasteiger partial charge in [-0.15, -0.1) is 0 Å². The van der Waals surface area contributed by atoms with E-state index in [1.54, 1.807) is 12.1 Å². The fourth-order valence-electron chi connectivity index (χ4n) is 5.64. The first-order valence-electron chi connectivity index (χ1n) is 13.3. The Morgan fingerprint density at radius 2 is 1.84 bits per heavy atom. The molecule has 200 valence electrons. The van der Waals surface area contributed by atoms with Crippen molar-refractivity contribution in [3.05, 3.63) is 53.7 Å². The Bertz CT molecular complexity index is 1430. The van der Waals surface area contributed by atoms with Gasteiger partial charge in [0, 0.05) is 27.7 Å². The summed E-state index contributed by atoms with van der Waals surface area (Å²) in [6, 6.07) is 13.7. The van der Waals surface area contributed by atoms with E-state index in [0.29, 0.717) is 24.7 Å². The number of hydrogen-bond donors (Lipinski definition) is 2. The number of carbonyl (C=O) groups is 1. The Morgan fingerprint density at radius 3 is 2.50 bits per heavy atom. The first kappa shape index (κ1) is 25.3. The number of aliphatic hydroxyl groups is 1. The van der Waals surface area contributed by atoms with Gasteiger partial charge in [-0.05, 0) is 68.7 Å². The summed E-state index contributed by atoms with van der Waals surface area (Å²) in [5.41, 5.74) is 3.25. The number of nitrogens with one attached hydrogen (secondary N) is 1. The van der Waals surface area contributed by atoms with Crippen LogP contribution in [0.15, 0.2) is 42.5 Å². The second-order valence-electron chi connectivity index (χ2n) is 12.4. The number of aromatic nitrogens is 1. The van der Waals surface area contributed by atoms with Crippen LogP contribution in [0.3, 0.4) is 0 Å². The predicted molar refractivity (Wildman–Crippen MR) is 146 cm³/mol. The maximum atomic E-state index is 13.5. The van der Waals surface area contributed by atoms with E-state index in [-0.39, 0.29) is 17.4 Å². The summed E-state index contributed by atoms with van der Waals surface area (Å²) in [5.74, 6) is -1.38. The topological polar surface area (TPSA) is 91.2 Å². The van der Waals surface area contributed by atoms with Crippen molar-refractivity contribution in [3.63, 3.8) is 0 Å². The molecule has 2 atom stereocenters. The largest absolute Gasteiger partial charge is 0.435 e. The molecule has 1 aliphatic carbocycles. The van der Waals surface area contributed by atoms with E-state index in [2.05, 4.69) is 42.8 Å². The molecule has 3 heterocycles. The average molecular weight is 518 g/mol. The molecule has 0 bridgehead atoms.